The van der Waals surface area contributed by atoms with E-state index < -0.39 is 0 Å². The van der Waals surface area contributed by atoms with Gasteiger partial charge in [0.2, 0.25) is 17.6 Å². The van der Waals surface area contributed by atoms with Gasteiger partial charge in [0, 0.05) is 30.8 Å². The van der Waals surface area contributed by atoms with E-state index >= 15 is 0 Å². The van der Waals surface area contributed by atoms with Crippen molar-refractivity contribution in [2.75, 3.05) is 39.7 Å². The lowest BCUT2D eigenvalue weighted by molar-refractivity contribution is -0.115. The molecule has 0 saturated carbocycles. The lowest BCUT2D eigenvalue weighted by atomic mass is 9.96. The molecule has 1 amide bonds. The first kappa shape index (κ1) is 25.9. The Bertz CT molecular complexity index is 1360. The van der Waals surface area contributed by atoms with Crippen LogP contribution in [0, 0.1) is 13.8 Å². The average molecular weight is 501 g/mol. The first-order valence-electron chi connectivity index (χ1n) is 12.1. The maximum Gasteiger partial charge on any atom is 0.228 e. The molecular weight excluding hydrogens is 468 g/mol. The number of carbonyl (C=O) groups is 1. The quantitative estimate of drug-likeness (QED) is 0.322. The number of ether oxygens (including phenoxy) is 2. The molecule has 0 spiro atoms. The summed E-state index contributed by atoms with van der Waals surface area (Å²) < 4.78 is 16.3. The van der Waals surface area contributed by atoms with Crippen molar-refractivity contribution in [2.24, 2.45) is 0 Å². The van der Waals surface area contributed by atoms with E-state index in [2.05, 4.69) is 27.6 Å². The maximum absolute atomic E-state index is 12.8. The second-order valence-electron chi connectivity index (χ2n) is 9.11. The highest BCUT2D eigenvalue weighted by molar-refractivity contribution is 5.92. The molecule has 1 aromatic heterocycles. The minimum absolute atomic E-state index is 0.101. The van der Waals surface area contributed by atoms with E-state index in [9.17, 15) is 4.79 Å². The Balaban J connectivity index is 1.40. The number of likely N-dealkylation sites (N-methyl/N-ethyl adjacent to an activating group) is 1. The average Bonchev–Trinajstić information content (AvgIpc) is 3.30. The summed E-state index contributed by atoms with van der Waals surface area (Å²) in [6.07, 6.45) is 0.264. The fourth-order valence-corrected chi connectivity index (χ4v) is 3.97. The Labute approximate surface area is 217 Å². The van der Waals surface area contributed by atoms with Gasteiger partial charge in [-0.1, -0.05) is 47.6 Å². The molecule has 0 unspecified atom stereocenters. The molecule has 4 rings (SSSR count). The van der Waals surface area contributed by atoms with E-state index in [1.807, 2.05) is 62.3 Å². The van der Waals surface area contributed by atoms with Gasteiger partial charge in [-0.05, 0) is 55.4 Å². The maximum atomic E-state index is 12.8. The fourth-order valence-electron chi connectivity index (χ4n) is 3.97. The molecule has 0 atom stereocenters. The number of nitrogens with one attached hydrogen (secondary N) is 1. The molecule has 0 radical (unpaired) electrons. The molecule has 192 valence electrons. The molecule has 8 heteroatoms. The number of hydrogen-bond acceptors (Lipinski definition) is 7. The van der Waals surface area contributed by atoms with Gasteiger partial charge in [0.05, 0.1) is 13.5 Å². The normalized spacial score (nSPS) is 11.0. The van der Waals surface area contributed by atoms with Crippen LogP contribution in [0.1, 0.15) is 17.0 Å². The van der Waals surface area contributed by atoms with Gasteiger partial charge in [-0.15, -0.1) is 0 Å². The molecule has 0 aliphatic heterocycles. The molecule has 37 heavy (non-hydrogen) atoms. The fraction of sp³-hybridized carbons (Fsp3) is 0.276. The van der Waals surface area contributed by atoms with E-state index in [-0.39, 0.29) is 12.3 Å². The number of nitrogens with zero attached hydrogens (tertiary/aromatic N) is 3. The van der Waals surface area contributed by atoms with Crippen molar-refractivity contribution < 1.29 is 18.8 Å². The van der Waals surface area contributed by atoms with Crippen LogP contribution in [0.3, 0.4) is 0 Å². The third kappa shape index (κ3) is 6.74. The number of benzene rings is 3. The molecule has 0 saturated heterocycles. The molecule has 0 bridgehead atoms. The third-order valence-electron chi connectivity index (χ3n) is 5.88. The van der Waals surface area contributed by atoms with Crippen molar-refractivity contribution >= 4 is 11.6 Å². The lowest BCUT2D eigenvalue weighted by Crippen LogP contribution is -2.19. The van der Waals surface area contributed by atoms with Crippen LogP contribution in [0.4, 0.5) is 5.69 Å². The Hall–Kier alpha value is -4.17. The van der Waals surface area contributed by atoms with E-state index in [0.29, 0.717) is 35.5 Å². The second kappa shape index (κ2) is 11.7. The Morgan fingerprint density at radius 2 is 1.73 bits per heavy atom. The molecule has 0 aliphatic rings. The van der Waals surface area contributed by atoms with Crippen LogP contribution in [-0.4, -0.2) is 55.3 Å². The van der Waals surface area contributed by atoms with Gasteiger partial charge in [-0.2, -0.15) is 4.98 Å². The summed E-state index contributed by atoms with van der Waals surface area (Å²) in [5, 5.41) is 6.94. The number of carbonyl (C=O) groups excluding carboxylic acids is 1. The van der Waals surface area contributed by atoms with Gasteiger partial charge in [0.15, 0.2) is 11.5 Å². The zero-order chi connectivity index (χ0) is 26.4. The van der Waals surface area contributed by atoms with Crippen LogP contribution in [0.25, 0.3) is 22.5 Å². The first-order chi connectivity index (χ1) is 17.8. The van der Waals surface area contributed by atoms with E-state index in [1.165, 1.54) is 0 Å². The highest BCUT2D eigenvalue weighted by atomic mass is 16.5. The summed E-state index contributed by atoms with van der Waals surface area (Å²) in [7, 11) is 5.57. The predicted octanol–water partition coefficient (Wildman–Crippen LogP) is 5.15. The summed E-state index contributed by atoms with van der Waals surface area (Å²) in [4.78, 5) is 19.1. The zero-order valence-electron chi connectivity index (χ0n) is 21.9. The number of aryl methyl sites for hydroxylation is 2. The van der Waals surface area contributed by atoms with Gasteiger partial charge in [0.1, 0.15) is 6.61 Å². The van der Waals surface area contributed by atoms with Crippen molar-refractivity contribution in [1.29, 1.82) is 0 Å². The second-order valence-corrected chi connectivity index (χ2v) is 9.11. The highest BCUT2D eigenvalue weighted by Crippen LogP contribution is 2.31. The minimum atomic E-state index is -0.101. The summed E-state index contributed by atoms with van der Waals surface area (Å²) in [6.45, 7) is 5.12. The number of hydrogen-bond donors (Lipinski definition) is 1. The Morgan fingerprint density at radius 3 is 2.38 bits per heavy atom. The number of anilines is 1. The highest BCUT2D eigenvalue weighted by Gasteiger charge is 2.12. The van der Waals surface area contributed by atoms with Crippen molar-refractivity contribution in [3.63, 3.8) is 0 Å². The van der Waals surface area contributed by atoms with Crippen LogP contribution in [0.2, 0.25) is 0 Å². The molecule has 8 nitrogen and oxygen atoms in total. The van der Waals surface area contributed by atoms with Crippen LogP contribution in [0.15, 0.2) is 65.2 Å². The largest absolute Gasteiger partial charge is 0.493 e. The molecule has 4 aromatic rings. The predicted molar refractivity (Wildman–Crippen MR) is 144 cm³/mol. The molecule has 3 aromatic carbocycles. The van der Waals surface area contributed by atoms with E-state index in [4.69, 9.17) is 14.0 Å². The third-order valence-corrected chi connectivity index (χ3v) is 5.88. The smallest absolute Gasteiger partial charge is 0.228 e. The summed E-state index contributed by atoms with van der Waals surface area (Å²) in [5.74, 6) is 2.24. The molecular formula is C29H32N4O4. The summed E-state index contributed by atoms with van der Waals surface area (Å²) in [5.41, 5.74) is 5.78. The van der Waals surface area contributed by atoms with Gasteiger partial charge in [-0.25, -0.2) is 0 Å². The van der Waals surface area contributed by atoms with E-state index in [1.54, 1.807) is 26.2 Å². The minimum Gasteiger partial charge on any atom is -0.493 e. The summed E-state index contributed by atoms with van der Waals surface area (Å²) >= 11 is 0. The number of amides is 1. The van der Waals surface area contributed by atoms with Gasteiger partial charge in [-0.3, -0.25) is 4.79 Å². The van der Waals surface area contributed by atoms with Crippen LogP contribution in [0.5, 0.6) is 11.5 Å². The monoisotopic (exact) mass is 500 g/mol. The van der Waals surface area contributed by atoms with E-state index in [0.717, 1.165) is 34.4 Å². The van der Waals surface area contributed by atoms with Crippen LogP contribution < -0.4 is 14.8 Å². The van der Waals surface area contributed by atoms with Gasteiger partial charge < -0.3 is 24.2 Å². The summed E-state index contributed by atoms with van der Waals surface area (Å²) in [6, 6.07) is 19.5. The zero-order valence-corrected chi connectivity index (χ0v) is 21.9. The molecule has 1 heterocycles. The molecule has 1 N–H and O–H groups in total. The topological polar surface area (TPSA) is 89.7 Å². The Morgan fingerprint density at radius 1 is 0.973 bits per heavy atom. The molecule has 0 fully saturated rings. The van der Waals surface area contributed by atoms with Crippen LogP contribution in [-0.2, 0) is 11.2 Å². The number of rotatable bonds is 10. The first-order valence-corrected chi connectivity index (χ1v) is 12.1. The Kier molecular flexibility index (Phi) is 8.20. The van der Waals surface area contributed by atoms with Crippen molar-refractivity contribution in [3.05, 3.63) is 77.7 Å². The SMILES string of the molecule is COc1ccc(NC(=O)Cc2ccc(-c3ccc(-c4noc(C)n4)cc3)c(C)c2)cc1OCCN(C)C. The lowest BCUT2D eigenvalue weighted by Gasteiger charge is -2.15. The standard InChI is InChI=1S/C29H32N4O4/c1-19-16-21(6-12-25(19)22-7-9-23(10-8-22)29-30-20(2)37-32-29)17-28(34)31-24-11-13-26(35-5)27(18-24)36-15-14-33(3)4/h6-13,16,18H,14-15,17H2,1-5H3,(H,31,34). The molecule has 0 aliphatic carbocycles. The van der Waals surface area contributed by atoms with Gasteiger partial charge >= 0.3 is 0 Å². The van der Waals surface area contributed by atoms with Crippen LogP contribution >= 0.6 is 0 Å². The van der Waals surface area contributed by atoms with Crippen molar-refractivity contribution in [1.82, 2.24) is 15.0 Å². The number of methoxy groups -OCH3 is 1. The van der Waals surface area contributed by atoms with Gasteiger partial charge in [0.25, 0.3) is 0 Å². The van der Waals surface area contributed by atoms with Crippen molar-refractivity contribution in [2.45, 2.75) is 20.3 Å². The van der Waals surface area contributed by atoms with Crippen molar-refractivity contribution in [3.8, 4) is 34.0 Å². The number of aromatic nitrogens is 2.